The minimum atomic E-state index is 0.0690. The molecule has 4 rings (SSSR count). The molecule has 0 atom stereocenters. The molecule has 152 valence electrons. The van der Waals surface area contributed by atoms with Gasteiger partial charge in [-0.15, -0.1) is 0 Å². The molecule has 0 spiro atoms. The first-order valence-electron chi connectivity index (χ1n) is 10.2. The van der Waals surface area contributed by atoms with Crippen LogP contribution in [-0.4, -0.2) is 84.4 Å². The van der Waals surface area contributed by atoms with Crippen LogP contribution in [0.5, 0.6) is 0 Å². The zero-order valence-electron chi connectivity index (χ0n) is 16.6. The number of nitrogens with zero attached hydrogens (tertiary/aromatic N) is 5. The van der Waals surface area contributed by atoms with Gasteiger partial charge in [-0.25, -0.2) is 4.98 Å². The quantitative estimate of drug-likeness (QED) is 0.717. The molecule has 0 unspecified atom stereocenters. The zero-order chi connectivity index (χ0) is 20.1. The highest BCUT2D eigenvalue weighted by atomic mass is 16.2. The number of carbonyl (C=O) groups excluding carboxylic acids is 2. The van der Waals surface area contributed by atoms with Crippen LogP contribution in [-0.2, 0) is 11.3 Å². The summed E-state index contributed by atoms with van der Waals surface area (Å²) in [5, 5.41) is 0. The van der Waals surface area contributed by atoms with Crippen molar-refractivity contribution in [1.82, 2.24) is 19.7 Å². The maximum atomic E-state index is 13.0. The molecule has 0 aliphatic carbocycles. The van der Waals surface area contributed by atoms with Crippen LogP contribution in [0.25, 0.3) is 0 Å². The number of rotatable bonds is 5. The Morgan fingerprint density at radius 2 is 1.66 bits per heavy atom. The summed E-state index contributed by atoms with van der Waals surface area (Å²) in [4.78, 5) is 36.6. The summed E-state index contributed by atoms with van der Waals surface area (Å²) in [6, 6.07) is 14.1. The van der Waals surface area contributed by atoms with Gasteiger partial charge < -0.3 is 14.7 Å². The predicted molar refractivity (Wildman–Crippen MR) is 112 cm³/mol. The maximum absolute atomic E-state index is 13.0. The van der Waals surface area contributed by atoms with Gasteiger partial charge in [0.25, 0.3) is 5.91 Å². The van der Waals surface area contributed by atoms with E-state index < -0.39 is 0 Å². The van der Waals surface area contributed by atoms with E-state index in [1.54, 1.807) is 17.2 Å². The highest BCUT2D eigenvalue weighted by molar-refractivity contribution is 5.95. The number of pyridine rings is 1. The van der Waals surface area contributed by atoms with Crippen molar-refractivity contribution < 1.29 is 9.59 Å². The van der Waals surface area contributed by atoms with Crippen LogP contribution < -0.4 is 4.90 Å². The lowest BCUT2D eigenvalue weighted by atomic mass is 10.1. The first-order valence-corrected chi connectivity index (χ1v) is 10.2. The fourth-order valence-corrected chi connectivity index (χ4v) is 3.91. The van der Waals surface area contributed by atoms with Crippen LogP contribution in [0.2, 0.25) is 0 Å². The SMILES string of the molecule is O=CN1CCN(c2cc(C(=O)N3CCN(Cc4ccccc4)CC3)ccn2)CC1. The van der Waals surface area contributed by atoms with Crippen LogP contribution in [0.15, 0.2) is 48.7 Å². The van der Waals surface area contributed by atoms with Gasteiger partial charge in [0.2, 0.25) is 6.41 Å². The van der Waals surface area contributed by atoms with E-state index in [1.807, 2.05) is 17.0 Å². The molecule has 2 aromatic rings. The Balaban J connectivity index is 1.34. The lowest BCUT2D eigenvalue weighted by molar-refractivity contribution is -0.118. The van der Waals surface area contributed by atoms with Crippen molar-refractivity contribution in [3.63, 3.8) is 0 Å². The van der Waals surface area contributed by atoms with Gasteiger partial charge in [0, 0.05) is 70.7 Å². The minimum Gasteiger partial charge on any atom is -0.353 e. The first kappa shape index (κ1) is 19.4. The third-order valence-corrected chi connectivity index (χ3v) is 5.69. The van der Waals surface area contributed by atoms with Crippen LogP contribution in [0.1, 0.15) is 15.9 Å². The summed E-state index contributed by atoms with van der Waals surface area (Å²) in [5.41, 5.74) is 1.99. The van der Waals surface area contributed by atoms with Crippen molar-refractivity contribution in [1.29, 1.82) is 0 Å². The second kappa shape index (κ2) is 9.05. The van der Waals surface area contributed by atoms with Gasteiger partial charge in [-0.2, -0.15) is 0 Å². The zero-order valence-corrected chi connectivity index (χ0v) is 16.6. The summed E-state index contributed by atoms with van der Waals surface area (Å²) in [6.07, 6.45) is 2.60. The van der Waals surface area contributed by atoms with Gasteiger partial charge >= 0.3 is 0 Å². The van der Waals surface area contributed by atoms with Crippen molar-refractivity contribution >= 4 is 18.1 Å². The second-order valence-corrected chi connectivity index (χ2v) is 7.59. The molecule has 0 N–H and O–H groups in total. The Labute approximate surface area is 171 Å². The minimum absolute atomic E-state index is 0.0690. The third kappa shape index (κ3) is 4.74. The Morgan fingerprint density at radius 3 is 2.34 bits per heavy atom. The van der Waals surface area contributed by atoms with E-state index in [9.17, 15) is 9.59 Å². The number of anilines is 1. The van der Waals surface area contributed by atoms with E-state index in [0.29, 0.717) is 18.7 Å². The highest BCUT2D eigenvalue weighted by Gasteiger charge is 2.23. The van der Waals surface area contributed by atoms with Crippen molar-refractivity contribution in [3.05, 3.63) is 59.8 Å². The molecule has 0 saturated carbocycles. The molecule has 2 aliphatic rings. The molecule has 0 bridgehead atoms. The van der Waals surface area contributed by atoms with Crippen LogP contribution in [0.4, 0.5) is 5.82 Å². The standard InChI is InChI=1S/C22H27N5O2/c28-18-25-10-12-26(13-11-25)21-16-20(6-7-23-21)22(29)27-14-8-24(9-15-27)17-19-4-2-1-3-5-19/h1-7,16,18H,8-15,17H2. The summed E-state index contributed by atoms with van der Waals surface area (Å²) < 4.78 is 0. The molecule has 2 aliphatic heterocycles. The van der Waals surface area contributed by atoms with E-state index in [4.69, 9.17) is 0 Å². The van der Waals surface area contributed by atoms with E-state index in [2.05, 4.69) is 39.0 Å². The molecule has 1 aromatic heterocycles. The smallest absolute Gasteiger partial charge is 0.254 e. The van der Waals surface area contributed by atoms with Gasteiger partial charge in [0.05, 0.1) is 0 Å². The summed E-state index contributed by atoms with van der Waals surface area (Å²) in [6.45, 7) is 7.01. The number of carbonyl (C=O) groups is 2. The molecule has 2 saturated heterocycles. The lowest BCUT2D eigenvalue weighted by Gasteiger charge is -2.35. The number of piperazine rings is 2. The fourth-order valence-electron chi connectivity index (χ4n) is 3.91. The maximum Gasteiger partial charge on any atom is 0.254 e. The predicted octanol–water partition coefficient (Wildman–Crippen LogP) is 1.32. The molecule has 2 amide bonds. The van der Waals surface area contributed by atoms with Crippen LogP contribution in [0.3, 0.4) is 0 Å². The molecule has 7 heteroatoms. The van der Waals surface area contributed by atoms with E-state index in [-0.39, 0.29) is 5.91 Å². The second-order valence-electron chi connectivity index (χ2n) is 7.59. The number of aromatic nitrogens is 1. The summed E-state index contributed by atoms with van der Waals surface area (Å²) in [7, 11) is 0. The van der Waals surface area contributed by atoms with Crippen molar-refractivity contribution in [2.24, 2.45) is 0 Å². The molecule has 2 fully saturated rings. The Kier molecular flexibility index (Phi) is 6.05. The van der Waals surface area contributed by atoms with Gasteiger partial charge in [-0.1, -0.05) is 30.3 Å². The topological polar surface area (TPSA) is 60.0 Å². The Morgan fingerprint density at radius 1 is 0.931 bits per heavy atom. The molecular formula is C22H27N5O2. The summed E-state index contributed by atoms with van der Waals surface area (Å²) >= 11 is 0. The van der Waals surface area contributed by atoms with Gasteiger partial charge in [-0.05, 0) is 17.7 Å². The van der Waals surface area contributed by atoms with Crippen LogP contribution in [0, 0.1) is 0 Å². The summed E-state index contributed by atoms with van der Waals surface area (Å²) in [5.74, 6) is 0.878. The number of hydrogen-bond donors (Lipinski definition) is 0. The first-order chi connectivity index (χ1) is 14.2. The van der Waals surface area contributed by atoms with Crippen molar-refractivity contribution in [2.75, 3.05) is 57.3 Å². The normalized spacial score (nSPS) is 18.0. The number of hydrogen-bond acceptors (Lipinski definition) is 5. The van der Waals surface area contributed by atoms with E-state index >= 15 is 0 Å². The van der Waals surface area contributed by atoms with Gasteiger partial charge in [-0.3, -0.25) is 14.5 Å². The average molecular weight is 393 g/mol. The fraction of sp³-hybridized carbons (Fsp3) is 0.409. The molecule has 0 radical (unpaired) electrons. The third-order valence-electron chi connectivity index (χ3n) is 5.69. The molecule has 7 nitrogen and oxygen atoms in total. The highest BCUT2D eigenvalue weighted by Crippen LogP contribution is 2.17. The monoisotopic (exact) mass is 393 g/mol. The largest absolute Gasteiger partial charge is 0.353 e. The Hall–Kier alpha value is -2.93. The lowest BCUT2D eigenvalue weighted by Crippen LogP contribution is -2.48. The number of benzene rings is 1. The van der Waals surface area contributed by atoms with Crippen LogP contribution >= 0.6 is 0 Å². The van der Waals surface area contributed by atoms with Crippen molar-refractivity contribution in [2.45, 2.75) is 6.54 Å². The number of amides is 2. The molecular weight excluding hydrogens is 366 g/mol. The molecule has 29 heavy (non-hydrogen) atoms. The van der Waals surface area contributed by atoms with E-state index in [1.165, 1.54) is 5.56 Å². The average Bonchev–Trinajstić information content (AvgIpc) is 2.80. The molecule has 3 heterocycles. The van der Waals surface area contributed by atoms with Crippen molar-refractivity contribution in [3.8, 4) is 0 Å². The van der Waals surface area contributed by atoms with Gasteiger partial charge in [0.15, 0.2) is 0 Å². The van der Waals surface area contributed by atoms with Gasteiger partial charge in [0.1, 0.15) is 5.82 Å². The van der Waals surface area contributed by atoms with E-state index in [0.717, 1.165) is 58.0 Å². The Bertz CT molecular complexity index is 828. The molecule has 1 aromatic carbocycles.